The van der Waals surface area contributed by atoms with Crippen LogP contribution in [-0.2, 0) is 4.79 Å². The molecule has 46 valence electrons. The molecule has 0 aromatic carbocycles. The van der Waals surface area contributed by atoms with Gasteiger partial charge in [-0.1, -0.05) is 0 Å². The second-order valence-electron chi connectivity index (χ2n) is 1.37. The number of hydrogen-bond acceptors (Lipinski definition) is 2. The summed E-state index contributed by atoms with van der Waals surface area (Å²) in [4.78, 5) is 9.49. The molecule has 3 heteroatoms. The standard InChI is InChI=1S/C5H9NOSe/c1-2-3-4-8-6-5-7/h2-4H2,1H3. The molecule has 0 fully saturated rings. The first-order valence-corrected chi connectivity index (χ1v) is 4.58. The first-order valence-electron chi connectivity index (χ1n) is 2.61. The molecule has 0 bridgehead atoms. The summed E-state index contributed by atoms with van der Waals surface area (Å²) in [6, 6.07) is 0. The van der Waals surface area contributed by atoms with E-state index >= 15 is 0 Å². The van der Waals surface area contributed by atoms with Crippen LogP contribution in [0.5, 0.6) is 0 Å². The molecule has 0 unspecified atom stereocenters. The predicted molar refractivity (Wildman–Crippen MR) is 33.6 cm³/mol. The van der Waals surface area contributed by atoms with Crippen molar-refractivity contribution >= 4 is 21.3 Å². The number of rotatable bonds is 4. The Morgan fingerprint density at radius 1 is 1.75 bits per heavy atom. The second kappa shape index (κ2) is 6.90. The summed E-state index contributed by atoms with van der Waals surface area (Å²) in [6.07, 6.45) is 3.91. The molecule has 0 spiro atoms. The van der Waals surface area contributed by atoms with Gasteiger partial charge in [0.05, 0.1) is 0 Å². The molecular formula is C5H9NOSe. The van der Waals surface area contributed by atoms with E-state index in [9.17, 15) is 4.79 Å². The van der Waals surface area contributed by atoms with Crippen LogP contribution in [0.25, 0.3) is 0 Å². The molecule has 0 aromatic heterocycles. The summed E-state index contributed by atoms with van der Waals surface area (Å²) < 4.78 is 3.47. The topological polar surface area (TPSA) is 29.4 Å². The van der Waals surface area contributed by atoms with E-state index in [-0.39, 0.29) is 15.2 Å². The SMILES string of the molecule is CCCC[Se]N=C=O. The fourth-order valence-corrected chi connectivity index (χ4v) is 1.46. The van der Waals surface area contributed by atoms with E-state index in [1.165, 1.54) is 18.9 Å². The van der Waals surface area contributed by atoms with Crippen LogP contribution in [0.2, 0.25) is 5.32 Å². The monoisotopic (exact) mass is 179 g/mol. The third-order valence-corrected chi connectivity index (χ3v) is 2.11. The van der Waals surface area contributed by atoms with Gasteiger partial charge in [-0.2, -0.15) is 0 Å². The molecule has 0 aliphatic rings. The molecule has 0 atom stereocenters. The van der Waals surface area contributed by atoms with Gasteiger partial charge in [0, 0.05) is 0 Å². The van der Waals surface area contributed by atoms with Crippen molar-refractivity contribution < 1.29 is 4.79 Å². The van der Waals surface area contributed by atoms with Crippen molar-refractivity contribution in [2.45, 2.75) is 25.1 Å². The Hall–Kier alpha value is -0.101. The van der Waals surface area contributed by atoms with Crippen LogP contribution in [-0.4, -0.2) is 21.3 Å². The van der Waals surface area contributed by atoms with Crippen LogP contribution < -0.4 is 0 Å². The Kier molecular flexibility index (Phi) is 6.81. The molecule has 0 saturated heterocycles. The fourth-order valence-electron chi connectivity index (χ4n) is 0.281. The molecule has 0 heterocycles. The number of unbranched alkanes of at least 4 members (excludes halogenated alkanes) is 1. The number of carbonyl (C=O) groups excluding carboxylic acids is 1. The van der Waals surface area contributed by atoms with Gasteiger partial charge >= 0.3 is 55.1 Å². The molecule has 0 N–H and O–H groups in total. The third kappa shape index (κ3) is 5.90. The molecule has 8 heavy (non-hydrogen) atoms. The van der Waals surface area contributed by atoms with E-state index in [0.717, 1.165) is 5.32 Å². The van der Waals surface area contributed by atoms with E-state index in [2.05, 4.69) is 10.9 Å². The molecular weight excluding hydrogens is 169 g/mol. The summed E-state index contributed by atoms with van der Waals surface area (Å²) in [5.41, 5.74) is 0. The van der Waals surface area contributed by atoms with E-state index in [1.54, 1.807) is 0 Å². The van der Waals surface area contributed by atoms with Crippen molar-refractivity contribution in [1.29, 1.82) is 0 Å². The Morgan fingerprint density at radius 3 is 3.00 bits per heavy atom. The van der Waals surface area contributed by atoms with Crippen LogP contribution in [0.15, 0.2) is 4.01 Å². The van der Waals surface area contributed by atoms with E-state index in [1.807, 2.05) is 0 Å². The van der Waals surface area contributed by atoms with Crippen molar-refractivity contribution in [2.75, 3.05) is 0 Å². The molecule has 0 aliphatic carbocycles. The Bertz CT molecular complexity index is 88.4. The predicted octanol–water partition coefficient (Wildman–Crippen LogP) is 1.16. The minimum absolute atomic E-state index is 0.178. The van der Waals surface area contributed by atoms with E-state index in [4.69, 9.17) is 0 Å². The number of nitrogens with zero attached hydrogens (tertiary/aromatic N) is 1. The van der Waals surface area contributed by atoms with E-state index in [0.29, 0.717) is 0 Å². The van der Waals surface area contributed by atoms with Crippen LogP contribution >= 0.6 is 0 Å². The van der Waals surface area contributed by atoms with Gasteiger partial charge in [-0.25, -0.2) is 0 Å². The molecule has 0 saturated carbocycles. The third-order valence-electron chi connectivity index (χ3n) is 0.691. The van der Waals surface area contributed by atoms with E-state index < -0.39 is 0 Å². The minimum atomic E-state index is 0.178. The van der Waals surface area contributed by atoms with Crippen molar-refractivity contribution in [1.82, 2.24) is 0 Å². The van der Waals surface area contributed by atoms with Crippen LogP contribution in [0.1, 0.15) is 19.8 Å². The van der Waals surface area contributed by atoms with Gasteiger partial charge in [0.15, 0.2) is 0 Å². The van der Waals surface area contributed by atoms with Crippen LogP contribution in [0, 0.1) is 0 Å². The van der Waals surface area contributed by atoms with Gasteiger partial charge < -0.3 is 0 Å². The Balaban J connectivity index is 2.82. The van der Waals surface area contributed by atoms with Crippen LogP contribution in [0.3, 0.4) is 0 Å². The number of isocyanates is 1. The first-order chi connectivity index (χ1) is 3.91. The summed E-state index contributed by atoms with van der Waals surface area (Å²) in [5.74, 6) is 0. The summed E-state index contributed by atoms with van der Waals surface area (Å²) in [6.45, 7) is 2.13. The average molecular weight is 178 g/mol. The van der Waals surface area contributed by atoms with Crippen molar-refractivity contribution in [3.63, 3.8) is 0 Å². The van der Waals surface area contributed by atoms with Gasteiger partial charge in [-0.05, 0) is 0 Å². The molecule has 0 aliphatic heterocycles. The second-order valence-corrected chi connectivity index (χ2v) is 3.15. The van der Waals surface area contributed by atoms with Gasteiger partial charge in [-0.15, -0.1) is 0 Å². The van der Waals surface area contributed by atoms with Crippen LogP contribution in [0.4, 0.5) is 0 Å². The van der Waals surface area contributed by atoms with Crippen molar-refractivity contribution in [3.8, 4) is 0 Å². The summed E-state index contributed by atoms with van der Waals surface area (Å²) >= 11 is 0.178. The maximum atomic E-state index is 9.49. The van der Waals surface area contributed by atoms with Gasteiger partial charge in [-0.3, -0.25) is 0 Å². The Labute approximate surface area is 55.7 Å². The fraction of sp³-hybridized carbons (Fsp3) is 0.800. The quantitative estimate of drug-likeness (QED) is 0.275. The summed E-state index contributed by atoms with van der Waals surface area (Å²) in [5, 5.41) is 1.08. The normalized spacial score (nSPS) is 8.12. The molecule has 0 rings (SSSR count). The van der Waals surface area contributed by atoms with Gasteiger partial charge in [0.2, 0.25) is 0 Å². The molecule has 0 radical (unpaired) electrons. The van der Waals surface area contributed by atoms with Gasteiger partial charge in [0.25, 0.3) is 0 Å². The zero-order valence-electron chi connectivity index (χ0n) is 4.89. The first kappa shape index (κ1) is 7.90. The van der Waals surface area contributed by atoms with Crippen molar-refractivity contribution in [3.05, 3.63) is 0 Å². The molecule has 0 amide bonds. The zero-order valence-corrected chi connectivity index (χ0v) is 6.60. The Morgan fingerprint density at radius 2 is 2.50 bits per heavy atom. The maximum absolute atomic E-state index is 9.49. The average Bonchev–Trinajstić information content (AvgIpc) is 1.81. The summed E-state index contributed by atoms with van der Waals surface area (Å²) in [7, 11) is 0. The molecule has 0 aromatic rings. The van der Waals surface area contributed by atoms with Gasteiger partial charge in [0.1, 0.15) is 0 Å². The molecule has 2 nitrogen and oxygen atoms in total. The van der Waals surface area contributed by atoms with Crippen molar-refractivity contribution in [2.24, 2.45) is 4.01 Å². The number of hydrogen-bond donors (Lipinski definition) is 0. The zero-order chi connectivity index (χ0) is 6.24.